The Labute approximate surface area is 200 Å². The number of fused-ring (bicyclic) bond motifs is 1. The molecule has 1 amide bonds. The highest BCUT2D eigenvalue weighted by Crippen LogP contribution is 2.33. The van der Waals surface area contributed by atoms with Gasteiger partial charge < -0.3 is 14.4 Å². The molecule has 0 N–H and O–H groups in total. The lowest BCUT2D eigenvalue weighted by Gasteiger charge is -2.22. The molecule has 0 saturated heterocycles. The molecule has 180 valence electrons. The second kappa shape index (κ2) is 11.5. The van der Waals surface area contributed by atoms with Crippen LogP contribution >= 0.6 is 23.7 Å². The number of aromatic nitrogens is 1. The van der Waals surface area contributed by atoms with Gasteiger partial charge in [0.25, 0.3) is 0 Å². The molecule has 0 atom stereocenters. The molecule has 2 aromatic carbocycles. The molecule has 0 saturated carbocycles. The van der Waals surface area contributed by atoms with E-state index in [1.165, 1.54) is 18.2 Å². The van der Waals surface area contributed by atoms with Gasteiger partial charge in [-0.1, -0.05) is 23.5 Å². The molecule has 0 aliphatic heterocycles. The van der Waals surface area contributed by atoms with Crippen LogP contribution in [0.4, 0.5) is 18.3 Å². The molecule has 0 bridgehead atoms. The van der Waals surface area contributed by atoms with Gasteiger partial charge in [-0.3, -0.25) is 9.69 Å². The number of methoxy groups -OCH3 is 1. The van der Waals surface area contributed by atoms with Crippen molar-refractivity contribution < 1.29 is 27.4 Å². The number of thiazole rings is 1. The van der Waals surface area contributed by atoms with E-state index in [1.807, 2.05) is 43.3 Å². The summed E-state index contributed by atoms with van der Waals surface area (Å²) >= 11 is 1.16. The van der Waals surface area contributed by atoms with Gasteiger partial charge >= 0.3 is 6.36 Å². The van der Waals surface area contributed by atoms with E-state index in [9.17, 15) is 18.0 Å². The minimum Gasteiger partial charge on any atom is -0.497 e. The van der Waals surface area contributed by atoms with Gasteiger partial charge in [0.1, 0.15) is 11.5 Å². The third kappa shape index (κ3) is 7.76. The van der Waals surface area contributed by atoms with Crippen LogP contribution in [0.3, 0.4) is 0 Å². The van der Waals surface area contributed by atoms with Crippen LogP contribution in [0.5, 0.6) is 11.5 Å². The number of ether oxygens (including phenoxy) is 2. The van der Waals surface area contributed by atoms with Gasteiger partial charge in [0.2, 0.25) is 5.91 Å². The van der Waals surface area contributed by atoms with Gasteiger partial charge in [0, 0.05) is 25.6 Å². The molecule has 6 nitrogen and oxygen atoms in total. The summed E-state index contributed by atoms with van der Waals surface area (Å²) in [4.78, 5) is 21.1. The Morgan fingerprint density at radius 2 is 1.73 bits per heavy atom. The molecule has 1 aromatic heterocycles. The molecule has 3 aromatic rings. The van der Waals surface area contributed by atoms with E-state index in [4.69, 9.17) is 4.74 Å². The number of rotatable bonds is 9. The first-order valence-electron chi connectivity index (χ1n) is 9.89. The quantitative estimate of drug-likeness (QED) is 0.404. The van der Waals surface area contributed by atoms with E-state index in [2.05, 4.69) is 9.72 Å². The molecule has 0 aliphatic rings. The Kier molecular flexibility index (Phi) is 9.33. The second-order valence-corrected chi connectivity index (χ2v) is 8.38. The first-order chi connectivity index (χ1) is 15.1. The first-order valence-corrected chi connectivity index (χ1v) is 10.7. The molecular weight excluding hydrogens is 479 g/mol. The predicted molar refractivity (Wildman–Crippen MR) is 126 cm³/mol. The van der Waals surface area contributed by atoms with Crippen LogP contribution in [0.15, 0.2) is 42.5 Å². The number of halogens is 4. The normalized spacial score (nSPS) is 11.4. The van der Waals surface area contributed by atoms with Crippen molar-refractivity contribution in [1.82, 2.24) is 9.88 Å². The Bertz CT molecular complexity index is 1060. The number of alkyl halides is 3. The number of hydrogen-bond donors (Lipinski definition) is 0. The summed E-state index contributed by atoms with van der Waals surface area (Å²) in [7, 11) is 5.40. The number of nitrogens with zero attached hydrogens (tertiary/aromatic N) is 3. The molecule has 3 rings (SSSR count). The predicted octanol–water partition coefficient (Wildman–Crippen LogP) is 5.15. The number of benzene rings is 2. The van der Waals surface area contributed by atoms with Gasteiger partial charge in [-0.2, -0.15) is 0 Å². The zero-order valence-electron chi connectivity index (χ0n) is 18.4. The lowest BCUT2D eigenvalue weighted by Crippen LogP contribution is -2.36. The maximum atomic E-state index is 13.1. The van der Waals surface area contributed by atoms with Gasteiger partial charge in [-0.25, -0.2) is 4.98 Å². The number of hydrogen-bond acceptors (Lipinski definition) is 6. The smallest absolute Gasteiger partial charge is 0.497 e. The maximum absolute atomic E-state index is 13.1. The average Bonchev–Trinajstić information content (AvgIpc) is 3.14. The summed E-state index contributed by atoms with van der Waals surface area (Å²) < 4.78 is 47.2. The van der Waals surface area contributed by atoms with E-state index in [0.717, 1.165) is 22.6 Å². The monoisotopic (exact) mass is 503 g/mol. The molecule has 0 spiro atoms. The van der Waals surface area contributed by atoms with Crippen LogP contribution in [0, 0.1) is 0 Å². The number of aryl methyl sites for hydroxylation is 1. The SMILES string of the molecule is COc1ccc(CCC(=O)N(CCN(C)C)c2nc3ccc(OC(F)(F)F)cc3s2)cc1.Cl. The van der Waals surface area contributed by atoms with Crippen LogP contribution in [0.1, 0.15) is 12.0 Å². The number of anilines is 1. The number of likely N-dealkylation sites (N-methyl/N-ethyl adjacent to an activating group) is 1. The molecule has 0 radical (unpaired) electrons. The topological polar surface area (TPSA) is 54.9 Å². The molecule has 11 heteroatoms. The summed E-state index contributed by atoms with van der Waals surface area (Å²) in [6.45, 7) is 1.03. The lowest BCUT2D eigenvalue weighted by molar-refractivity contribution is -0.274. The van der Waals surface area contributed by atoms with Crippen molar-refractivity contribution in [3.05, 3.63) is 48.0 Å². The minimum absolute atomic E-state index is 0. The Balaban J connectivity index is 0.00000385. The van der Waals surface area contributed by atoms with Crippen molar-refractivity contribution in [1.29, 1.82) is 0 Å². The molecule has 0 aliphatic carbocycles. The Morgan fingerprint density at radius 3 is 2.33 bits per heavy atom. The summed E-state index contributed by atoms with van der Waals surface area (Å²) in [6, 6.07) is 11.5. The highest BCUT2D eigenvalue weighted by atomic mass is 35.5. The van der Waals surface area contributed by atoms with E-state index >= 15 is 0 Å². The fourth-order valence-electron chi connectivity index (χ4n) is 3.01. The lowest BCUT2D eigenvalue weighted by atomic mass is 10.1. The third-order valence-corrected chi connectivity index (χ3v) is 5.71. The fraction of sp³-hybridized carbons (Fsp3) is 0.364. The standard InChI is InChI=1S/C22H24F3N3O3S.ClH/c1-27(2)12-13-28(20(29)11-6-15-4-7-16(30-3)8-5-15)21-26-18-10-9-17(14-19(18)32-21)31-22(23,24)25;/h4-5,7-10,14H,6,11-13H2,1-3H3;1H. The van der Waals surface area contributed by atoms with Crippen LogP contribution in [-0.2, 0) is 11.2 Å². The fourth-order valence-corrected chi connectivity index (χ4v) is 4.05. The summed E-state index contributed by atoms with van der Waals surface area (Å²) in [5.41, 5.74) is 1.52. The molecule has 0 fully saturated rings. The van der Waals surface area contributed by atoms with E-state index < -0.39 is 6.36 Å². The van der Waals surface area contributed by atoms with Crippen molar-refractivity contribution in [2.75, 3.05) is 39.2 Å². The van der Waals surface area contributed by atoms with Crippen LogP contribution < -0.4 is 14.4 Å². The van der Waals surface area contributed by atoms with Crippen molar-refractivity contribution in [3.8, 4) is 11.5 Å². The molecule has 0 unspecified atom stereocenters. The van der Waals surface area contributed by atoms with Crippen LogP contribution in [0.2, 0.25) is 0 Å². The zero-order chi connectivity index (χ0) is 23.3. The summed E-state index contributed by atoms with van der Waals surface area (Å²) in [5, 5.41) is 0.450. The second-order valence-electron chi connectivity index (χ2n) is 7.37. The Morgan fingerprint density at radius 1 is 1.06 bits per heavy atom. The third-order valence-electron chi connectivity index (χ3n) is 4.67. The molecule has 33 heavy (non-hydrogen) atoms. The van der Waals surface area contributed by atoms with E-state index in [1.54, 1.807) is 12.0 Å². The van der Waals surface area contributed by atoms with Crippen LogP contribution in [0.25, 0.3) is 10.2 Å². The van der Waals surface area contributed by atoms with Crippen molar-refractivity contribution in [2.24, 2.45) is 0 Å². The number of carbonyl (C=O) groups excluding carboxylic acids is 1. The molecular formula is C22H25ClF3N3O3S. The minimum atomic E-state index is -4.77. The van der Waals surface area contributed by atoms with Gasteiger partial charge in [0.15, 0.2) is 5.13 Å². The number of amides is 1. The first kappa shape index (κ1) is 26.7. The van der Waals surface area contributed by atoms with Crippen molar-refractivity contribution >= 4 is 45.0 Å². The highest BCUT2D eigenvalue weighted by Gasteiger charge is 2.31. The maximum Gasteiger partial charge on any atom is 0.573 e. The largest absolute Gasteiger partial charge is 0.573 e. The van der Waals surface area contributed by atoms with Gasteiger partial charge in [-0.05, 0) is 50.3 Å². The molecule has 1 heterocycles. The zero-order valence-corrected chi connectivity index (χ0v) is 20.0. The van der Waals surface area contributed by atoms with E-state index in [-0.39, 0.29) is 30.5 Å². The van der Waals surface area contributed by atoms with E-state index in [0.29, 0.717) is 34.9 Å². The van der Waals surface area contributed by atoms with Crippen LogP contribution in [-0.4, -0.2) is 56.4 Å². The highest BCUT2D eigenvalue weighted by molar-refractivity contribution is 7.22. The summed E-state index contributed by atoms with van der Waals surface area (Å²) in [5.74, 6) is 0.329. The van der Waals surface area contributed by atoms with Gasteiger partial charge in [0.05, 0.1) is 17.3 Å². The summed E-state index contributed by atoms with van der Waals surface area (Å²) in [6.07, 6.45) is -3.94. The van der Waals surface area contributed by atoms with Crippen molar-refractivity contribution in [3.63, 3.8) is 0 Å². The Hall–Kier alpha value is -2.56. The van der Waals surface area contributed by atoms with Gasteiger partial charge in [-0.15, -0.1) is 25.6 Å². The van der Waals surface area contributed by atoms with Crippen molar-refractivity contribution in [2.45, 2.75) is 19.2 Å². The number of carbonyl (C=O) groups is 1. The average molecular weight is 504 g/mol.